The summed E-state index contributed by atoms with van der Waals surface area (Å²) in [6.45, 7) is 3.64. The Kier molecular flexibility index (Phi) is 6.93. The molecule has 7 nitrogen and oxygen atoms in total. The highest BCUT2D eigenvalue weighted by molar-refractivity contribution is 7.14. The van der Waals surface area contributed by atoms with Crippen LogP contribution in [0.3, 0.4) is 0 Å². The predicted octanol–water partition coefficient (Wildman–Crippen LogP) is 5.42. The number of hydrogen-bond donors (Lipinski definition) is 1. The van der Waals surface area contributed by atoms with Gasteiger partial charge in [-0.25, -0.2) is 15.0 Å². The second kappa shape index (κ2) is 10.0. The van der Waals surface area contributed by atoms with Gasteiger partial charge in [-0.1, -0.05) is 0 Å². The smallest absolute Gasteiger partial charge is 0.451 e. The molecule has 3 aromatic rings. The Morgan fingerprint density at radius 2 is 1.78 bits per heavy atom. The van der Waals surface area contributed by atoms with Gasteiger partial charge in [-0.3, -0.25) is 4.79 Å². The molecule has 0 aliphatic carbocycles. The van der Waals surface area contributed by atoms with Gasteiger partial charge in [-0.05, 0) is 64.8 Å². The van der Waals surface area contributed by atoms with E-state index >= 15 is 0 Å². The van der Waals surface area contributed by atoms with Crippen molar-refractivity contribution in [2.75, 3.05) is 7.05 Å². The Labute approximate surface area is 217 Å². The maximum Gasteiger partial charge on any atom is 0.451 e. The number of aromatic nitrogens is 3. The highest BCUT2D eigenvalue weighted by Gasteiger charge is 2.39. The molecule has 1 N–H and O–H groups in total. The van der Waals surface area contributed by atoms with Crippen molar-refractivity contribution in [2.45, 2.75) is 69.9 Å². The molecule has 196 valence electrons. The molecule has 2 aromatic heterocycles. The van der Waals surface area contributed by atoms with E-state index in [1.807, 2.05) is 13.0 Å². The normalized spacial score (nSPS) is 22.6. The minimum atomic E-state index is -4.62. The van der Waals surface area contributed by atoms with Gasteiger partial charge in [-0.2, -0.15) is 13.2 Å². The van der Waals surface area contributed by atoms with Crippen LogP contribution in [0.15, 0.2) is 36.8 Å². The van der Waals surface area contributed by atoms with Crippen molar-refractivity contribution in [2.24, 2.45) is 0 Å². The van der Waals surface area contributed by atoms with Crippen LogP contribution < -0.4 is 10.1 Å². The van der Waals surface area contributed by atoms with Gasteiger partial charge in [0.2, 0.25) is 5.82 Å². The number of nitrogens with one attached hydrogen (secondary N) is 1. The number of amides is 1. The largest absolute Gasteiger partial charge is 0.490 e. The van der Waals surface area contributed by atoms with Crippen LogP contribution >= 0.6 is 11.3 Å². The summed E-state index contributed by atoms with van der Waals surface area (Å²) >= 11 is 1.53. The lowest BCUT2D eigenvalue weighted by molar-refractivity contribution is -0.145. The molecule has 4 atom stereocenters. The third-order valence-electron chi connectivity index (χ3n) is 7.17. The van der Waals surface area contributed by atoms with Crippen molar-refractivity contribution < 1.29 is 22.7 Å². The second-order valence-electron chi connectivity index (χ2n) is 9.82. The minimum absolute atomic E-state index is 0.0705. The Hall–Kier alpha value is -3.05. The Bertz CT molecular complexity index is 1270. The maximum atomic E-state index is 13.2. The van der Waals surface area contributed by atoms with Crippen LogP contribution in [-0.4, -0.2) is 51.0 Å². The standard InChI is InChI=1S/C26H28F3N5O2S/c1-14-11-30-24(37-14)17-6-16(7-21(8-17)36-22-9-19-4-5-20(10-22)34(19)3)23(35)33-15(2)18-12-31-25(32-13-18)26(27,28)29/h6-8,11-13,15,19-20,22H,4-5,9-10H2,1-3H3,(H,33,35)/t15-,19-,20+,22?/m1/s1. The third kappa shape index (κ3) is 5.62. The number of fused-ring (bicyclic) bond motifs is 2. The summed E-state index contributed by atoms with van der Waals surface area (Å²) < 4.78 is 44.8. The zero-order valence-electron chi connectivity index (χ0n) is 20.7. The molecule has 0 spiro atoms. The SMILES string of the molecule is Cc1cnc(-c2cc(OC3C[C@H]4CC[C@@H](C3)N4C)cc(C(=O)N[C@H](C)c3cnc(C(F)(F)F)nc3)c2)s1. The molecule has 1 aromatic carbocycles. The monoisotopic (exact) mass is 531 g/mol. The van der Waals surface area contributed by atoms with E-state index in [9.17, 15) is 18.0 Å². The summed E-state index contributed by atoms with van der Waals surface area (Å²) in [6, 6.07) is 5.83. The maximum absolute atomic E-state index is 13.2. The average molecular weight is 532 g/mol. The Morgan fingerprint density at radius 3 is 2.38 bits per heavy atom. The number of aryl methyl sites for hydroxylation is 1. The molecule has 0 saturated carbocycles. The molecule has 37 heavy (non-hydrogen) atoms. The molecule has 2 aliphatic rings. The number of carbonyl (C=O) groups is 1. The van der Waals surface area contributed by atoms with Gasteiger partial charge in [-0.15, -0.1) is 11.3 Å². The number of thiazole rings is 1. The predicted molar refractivity (Wildman–Crippen MR) is 133 cm³/mol. The quantitative estimate of drug-likeness (QED) is 0.458. The molecule has 5 rings (SSSR count). The Balaban J connectivity index is 1.37. The summed E-state index contributed by atoms with van der Waals surface area (Å²) in [5, 5.41) is 3.62. The average Bonchev–Trinajstić information content (AvgIpc) is 3.36. The summed E-state index contributed by atoms with van der Waals surface area (Å²) in [5.74, 6) is -0.990. The number of hydrogen-bond acceptors (Lipinski definition) is 7. The fourth-order valence-corrected chi connectivity index (χ4v) is 5.88. The third-order valence-corrected chi connectivity index (χ3v) is 8.13. The molecule has 2 saturated heterocycles. The first kappa shape index (κ1) is 25.6. The number of rotatable bonds is 6. The van der Waals surface area contributed by atoms with Crippen LogP contribution in [0.1, 0.15) is 65.3 Å². The molecular weight excluding hydrogens is 503 g/mol. The van der Waals surface area contributed by atoms with Gasteiger partial charge in [0, 0.05) is 52.2 Å². The van der Waals surface area contributed by atoms with E-state index in [4.69, 9.17) is 4.74 Å². The summed E-state index contributed by atoms with van der Waals surface area (Å²) in [6.07, 6.45) is 3.65. The zero-order valence-corrected chi connectivity index (χ0v) is 21.6. The number of nitrogens with zero attached hydrogens (tertiary/aromatic N) is 4. The molecule has 2 fully saturated rings. The van der Waals surface area contributed by atoms with Crippen molar-refractivity contribution in [1.29, 1.82) is 0 Å². The van der Waals surface area contributed by atoms with Gasteiger partial charge < -0.3 is 15.0 Å². The van der Waals surface area contributed by atoms with Crippen LogP contribution in [0.2, 0.25) is 0 Å². The summed E-state index contributed by atoms with van der Waals surface area (Å²) in [4.78, 5) is 28.0. The minimum Gasteiger partial charge on any atom is -0.490 e. The molecule has 1 unspecified atom stereocenters. The fraction of sp³-hybridized carbons (Fsp3) is 0.462. The summed E-state index contributed by atoms with van der Waals surface area (Å²) in [7, 11) is 2.18. The topological polar surface area (TPSA) is 80.2 Å². The van der Waals surface area contributed by atoms with Crippen molar-refractivity contribution in [1.82, 2.24) is 25.2 Å². The number of piperidine rings is 1. The van der Waals surface area contributed by atoms with E-state index in [1.54, 1.807) is 25.3 Å². The van der Waals surface area contributed by atoms with Gasteiger partial charge >= 0.3 is 6.18 Å². The second-order valence-corrected chi connectivity index (χ2v) is 11.1. The lowest BCUT2D eigenvalue weighted by atomic mass is 10.0. The lowest BCUT2D eigenvalue weighted by Gasteiger charge is -2.36. The van der Waals surface area contributed by atoms with Crippen molar-refractivity contribution in [3.63, 3.8) is 0 Å². The lowest BCUT2D eigenvalue weighted by Crippen LogP contribution is -2.43. The van der Waals surface area contributed by atoms with Crippen LogP contribution in [0.25, 0.3) is 10.6 Å². The first-order valence-corrected chi connectivity index (χ1v) is 13.0. The van der Waals surface area contributed by atoms with Gasteiger partial charge in [0.1, 0.15) is 16.9 Å². The highest BCUT2D eigenvalue weighted by atomic mass is 32.1. The fourth-order valence-electron chi connectivity index (χ4n) is 5.13. The number of benzene rings is 1. The van der Waals surface area contributed by atoms with E-state index < -0.39 is 18.0 Å². The van der Waals surface area contributed by atoms with Crippen LogP contribution in [0.5, 0.6) is 5.75 Å². The highest BCUT2D eigenvalue weighted by Crippen LogP contribution is 2.37. The van der Waals surface area contributed by atoms with E-state index in [0.29, 0.717) is 29.0 Å². The van der Waals surface area contributed by atoms with Gasteiger partial charge in [0.25, 0.3) is 5.91 Å². The molecule has 4 heterocycles. The number of ether oxygens (including phenoxy) is 1. The van der Waals surface area contributed by atoms with Crippen LogP contribution in [0.4, 0.5) is 13.2 Å². The van der Waals surface area contributed by atoms with E-state index in [0.717, 1.165) is 40.7 Å². The van der Waals surface area contributed by atoms with Crippen molar-refractivity contribution >= 4 is 17.2 Å². The van der Waals surface area contributed by atoms with Gasteiger partial charge in [0.05, 0.1) is 6.04 Å². The number of carbonyl (C=O) groups excluding carboxylic acids is 1. The zero-order chi connectivity index (χ0) is 26.3. The number of halogens is 3. The molecule has 0 radical (unpaired) electrons. The van der Waals surface area contributed by atoms with E-state index in [1.165, 1.54) is 24.2 Å². The van der Waals surface area contributed by atoms with Crippen molar-refractivity contribution in [3.8, 4) is 16.3 Å². The summed E-state index contributed by atoms with van der Waals surface area (Å²) in [5.41, 5.74) is 1.53. The molecule has 2 bridgehead atoms. The number of alkyl halides is 3. The van der Waals surface area contributed by atoms with E-state index in [-0.39, 0.29) is 12.0 Å². The van der Waals surface area contributed by atoms with Gasteiger partial charge in [0.15, 0.2) is 0 Å². The first-order chi connectivity index (χ1) is 17.6. The molecule has 2 aliphatic heterocycles. The van der Waals surface area contributed by atoms with Crippen LogP contribution in [0, 0.1) is 6.92 Å². The first-order valence-electron chi connectivity index (χ1n) is 12.2. The van der Waals surface area contributed by atoms with Crippen LogP contribution in [-0.2, 0) is 6.18 Å². The Morgan fingerprint density at radius 1 is 1.11 bits per heavy atom. The van der Waals surface area contributed by atoms with E-state index in [2.05, 4.69) is 32.2 Å². The molecular formula is C26H28F3N5O2S. The van der Waals surface area contributed by atoms with Crippen molar-refractivity contribution in [3.05, 3.63) is 58.6 Å². The molecule has 11 heteroatoms. The molecule has 1 amide bonds.